The van der Waals surface area contributed by atoms with Crippen molar-refractivity contribution in [1.29, 1.82) is 0 Å². The molecule has 3 N–H and O–H groups in total. The zero-order valence-corrected chi connectivity index (χ0v) is 10.5. The molecule has 0 saturated carbocycles. The molecule has 0 atom stereocenters. The quantitative estimate of drug-likeness (QED) is 0.775. The Balaban J connectivity index is 2.71. The Morgan fingerprint density at radius 3 is 2.88 bits per heavy atom. The van der Waals surface area contributed by atoms with Crippen LogP contribution in [0.2, 0.25) is 0 Å². The smallest absolute Gasteiger partial charge is 0.257 e. The Morgan fingerprint density at radius 1 is 1.47 bits per heavy atom. The third-order valence-electron chi connectivity index (χ3n) is 2.43. The highest BCUT2D eigenvalue weighted by atomic mass is 16.5. The van der Waals surface area contributed by atoms with E-state index in [0.29, 0.717) is 13.1 Å². The topological polar surface area (TPSA) is 64.3 Å². The van der Waals surface area contributed by atoms with Crippen LogP contribution in [0.1, 0.15) is 18.1 Å². The minimum Gasteiger partial charge on any atom is -0.483 e. The predicted octanol–water partition coefficient (Wildman–Crippen LogP) is 1.01. The van der Waals surface area contributed by atoms with Crippen LogP contribution in [0.3, 0.4) is 0 Å². The lowest BCUT2D eigenvalue weighted by Gasteiger charge is -2.13. The molecule has 4 nitrogen and oxygen atoms in total. The summed E-state index contributed by atoms with van der Waals surface area (Å²) in [5, 5.41) is 2.70. The second kappa shape index (κ2) is 6.91. The van der Waals surface area contributed by atoms with Crippen LogP contribution >= 0.6 is 0 Å². The molecule has 94 valence electrons. The SMILES string of the molecule is CCNC(=O)COc1c(C)cccc1CCN. The monoisotopic (exact) mass is 236 g/mol. The lowest BCUT2D eigenvalue weighted by Crippen LogP contribution is -2.28. The molecular formula is C13H20N2O2. The second-order valence-corrected chi connectivity index (χ2v) is 3.84. The standard InChI is InChI=1S/C13H20N2O2/c1-3-15-12(16)9-17-13-10(2)5-4-6-11(13)7-8-14/h4-6H,3,7-9,14H2,1-2H3,(H,15,16). The van der Waals surface area contributed by atoms with Gasteiger partial charge in [0.1, 0.15) is 5.75 Å². The summed E-state index contributed by atoms with van der Waals surface area (Å²) in [4.78, 5) is 11.3. The molecule has 4 heteroatoms. The Bertz CT molecular complexity index is 378. The van der Waals surface area contributed by atoms with Crippen LogP contribution in [-0.4, -0.2) is 25.6 Å². The number of likely N-dealkylation sites (N-methyl/N-ethyl adjacent to an activating group) is 1. The number of aryl methyl sites for hydroxylation is 1. The fraction of sp³-hybridized carbons (Fsp3) is 0.462. The van der Waals surface area contributed by atoms with E-state index >= 15 is 0 Å². The highest BCUT2D eigenvalue weighted by Crippen LogP contribution is 2.23. The average Bonchev–Trinajstić information content (AvgIpc) is 2.29. The predicted molar refractivity (Wildman–Crippen MR) is 68.1 cm³/mol. The van der Waals surface area contributed by atoms with E-state index in [1.54, 1.807) is 0 Å². The van der Waals surface area contributed by atoms with Gasteiger partial charge in [-0.05, 0) is 37.9 Å². The van der Waals surface area contributed by atoms with E-state index in [9.17, 15) is 4.79 Å². The first kappa shape index (κ1) is 13.5. The van der Waals surface area contributed by atoms with Crippen molar-refractivity contribution in [2.45, 2.75) is 20.3 Å². The summed E-state index contributed by atoms with van der Waals surface area (Å²) >= 11 is 0. The van der Waals surface area contributed by atoms with Crippen LogP contribution in [0, 0.1) is 6.92 Å². The van der Waals surface area contributed by atoms with Gasteiger partial charge in [0.05, 0.1) is 0 Å². The summed E-state index contributed by atoms with van der Waals surface area (Å²) in [7, 11) is 0. The third-order valence-corrected chi connectivity index (χ3v) is 2.43. The number of carbonyl (C=O) groups excluding carboxylic acids is 1. The van der Waals surface area contributed by atoms with Gasteiger partial charge >= 0.3 is 0 Å². The zero-order chi connectivity index (χ0) is 12.7. The van der Waals surface area contributed by atoms with Crippen molar-refractivity contribution in [3.8, 4) is 5.75 Å². The maximum absolute atomic E-state index is 11.3. The molecule has 0 aromatic heterocycles. The van der Waals surface area contributed by atoms with Gasteiger partial charge < -0.3 is 15.8 Å². The van der Waals surface area contributed by atoms with E-state index in [0.717, 1.165) is 23.3 Å². The minimum absolute atomic E-state index is 0.0518. The molecule has 1 amide bonds. The summed E-state index contributed by atoms with van der Waals surface area (Å²) in [6.07, 6.45) is 0.756. The summed E-state index contributed by atoms with van der Waals surface area (Å²) < 4.78 is 5.57. The number of hydrogen-bond donors (Lipinski definition) is 2. The number of hydrogen-bond acceptors (Lipinski definition) is 3. The minimum atomic E-state index is -0.102. The van der Waals surface area contributed by atoms with Gasteiger partial charge in [-0.3, -0.25) is 4.79 Å². The van der Waals surface area contributed by atoms with Crippen molar-refractivity contribution >= 4 is 5.91 Å². The molecule has 1 rings (SSSR count). The maximum Gasteiger partial charge on any atom is 0.257 e. The van der Waals surface area contributed by atoms with Gasteiger partial charge in [0.25, 0.3) is 5.91 Å². The van der Waals surface area contributed by atoms with Gasteiger partial charge in [0.15, 0.2) is 6.61 Å². The van der Waals surface area contributed by atoms with Gasteiger partial charge in [0, 0.05) is 6.54 Å². The molecule has 0 aliphatic rings. The number of para-hydroxylation sites is 1. The molecule has 0 aliphatic carbocycles. The number of carbonyl (C=O) groups is 1. The van der Waals surface area contributed by atoms with E-state index in [4.69, 9.17) is 10.5 Å². The Morgan fingerprint density at radius 2 is 2.24 bits per heavy atom. The molecule has 1 aromatic rings. The summed E-state index contributed by atoms with van der Waals surface area (Å²) in [6.45, 7) is 5.08. The molecule has 0 saturated heterocycles. The van der Waals surface area contributed by atoms with Crippen LogP contribution in [0.5, 0.6) is 5.75 Å². The van der Waals surface area contributed by atoms with Crippen LogP contribution in [0.15, 0.2) is 18.2 Å². The van der Waals surface area contributed by atoms with Crippen molar-refractivity contribution in [2.75, 3.05) is 19.7 Å². The van der Waals surface area contributed by atoms with Crippen LogP contribution in [-0.2, 0) is 11.2 Å². The maximum atomic E-state index is 11.3. The molecule has 17 heavy (non-hydrogen) atoms. The molecule has 0 fully saturated rings. The van der Waals surface area contributed by atoms with Gasteiger partial charge in [-0.2, -0.15) is 0 Å². The van der Waals surface area contributed by atoms with E-state index < -0.39 is 0 Å². The summed E-state index contributed by atoms with van der Waals surface area (Å²) in [6, 6.07) is 5.92. The summed E-state index contributed by atoms with van der Waals surface area (Å²) in [5.74, 6) is 0.679. The van der Waals surface area contributed by atoms with Crippen molar-refractivity contribution < 1.29 is 9.53 Å². The fourth-order valence-electron chi connectivity index (χ4n) is 1.66. The van der Waals surface area contributed by atoms with E-state index in [2.05, 4.69) is 5.32 Å². The molecule has 1 aromatic carbocycles. The molecule has 0 aliphatic heterocycles. The van der Waals surface area contributed by atoms with Crippen LogP contribution < -0.4 is 15.8 Å². The number of benzene rings is 1. The van der Waals surface area contributed by atoms with E-state index in [-0.39, 0.29) is 12.5 Å². The second-order valence-electron chi connectivity index (χ2n) is 3.84. The zero-order valence-electron chi connectivity index (χ0n) is 10.5. The third kappa shape index (κ3) is 4.07. The molecule has 0 radical (unpaired) electrons. The fourth-order valence-corrected chi connectivity index (χ4v) is 1.66. The van der Waals surface area contributed by atoms with Crippen LogP contribution in [0.25, 0.3) is 0 Å². The molecule has 0 bridgehead atoms. The largest absolute Gasteiger partial charge is 0.483 e. The lowest BCUT2D eigenvalue weighted by atomic mass is 10.1. The number of amides is 1. The molecule has 0 heterocycles. The Hall–Kier alpha value is -1.55. The van der Waals surface area contributed by atoms with Gasteiger partial charge in [-0.1, -0.05) is 18.2 Å². The van der Waals surface area contributed by atoms with Crippen molar-refractivity contribution in [1.82, 2.24) is 5.32 Å². The molecule has 0 spiro atoms. The van der Waals surface area contributed by atoms with Crippen molar-refractivity contribution in [2.24, 2.45) is 5.73 Å². The Kier molecular flexibility index (Phi) is 5.49. The number of nitrogens with two attached hydrogens (primary N) is 1. The molecule has 0 unspecified atom stereocenters. The number of ether oxygens (including phenoxy) is 1. The highest BCUT2D eigenvalue weighted by Gasteiger charge is 2.08. The number of nitrogens with one attached hydrogen (secondary N) is 1. The van der Waals surface area contributed by atoms with Crippen molar-refractivity contribution in [3.05, 3.63) is 29.3 Å². The van der Waals surface area contributed by atoms with Gasteiger partial charge in [-0.25, -0.2) is 0 Å². The first-order chi connectivity index (χ1) is 8.19. The van der Waals surface area contributed by atoms with Crippen molar-refractivity contribution in [3.63, 3.8) is 0 Å². The average molecular weight is 236 g/mol. The Labute approximate surface area is 102 Å². The van der Waals surface area contributed by atoms with Gasteiger partial charge in [-0.15, -0.1) is 0 Å². The van der Waals surface area contributed by atoms with E-state index in [1.807, 2.05) is 32.0 Å². The number of rotatable bonds is 6. The lowest BCUT2D eigenvalue weighted by molar-refractivity contribution is -0.122. The highest BCUT2D eigenvalue weighted by molar-refractivity contribution is 5.77. The normalized spacial score (nSPS) is 10.1. The van der Waals surface area contributed by atoms with Gasteiger partial charge in [0.2, 0.25) is 0 Å². The van der Waals surface area contributed by atoms with E-state index in [1.165, 1.54) is 0 Å². The summed E-state index contributed by atoms with van der Waals surface area (Å²) in [5.41, 5.74) is 7.63. The first-order valence-corrected chi connectivity index (χ1v) is 5.87. The molecular weight excluding hydrogens is 216 g/mol. The first-order valence-electron chi connectivity index (χ1n) is 5.87. The van der Waals surface area contributed by atoms with Crippen LogP contribution in [0.4, 0.5) is 0 Å².